The van der Waals surface area contributed by atoms with E-state index in [1.54, 1.807) is 0 Å². The fourth-order valence-electron chi connectivity index (χ4n) is 1.57. The van der Waals surface area contributed by atoms with Gasteiger partial charge in [0.15, 0.2) is 0 Å². The first kappa shape index (κ1) is 12.1. The van der Waals surface area contributed by atoms with Crippen molar-refractivity contribution in [2.24, 2.45) is 0 Å². The Kier molecular flexibility index (Phi) is 4.63. The summed E-state index contributed by atoms with van der Waals surface area (Å²) in [6.07, 6.45) is 1.51. The summed E-state index contributed by atoms with van der Waals surface area (Å²) in [4.78, 5) is 0. The number of ether oxygens (including phenoxy) is 1. The van der Waals surface area contributed by atoms with Gasteiger partial charge >= 0.3 is 0 Å². The lowest BCUT2D eigenvalue weighted by molar-refractivity contribution is 0.185. The average Bonchev–Trinajstić information content (AvgIpc) is 2.17. The highest BCUT2D eigenvalue weighted by Crippen LogP contribution is 2.18. The van der Waals surface area contributed by atoms with Gasteiger partial charge in [0.05, 0.1) is 12.7 Å². The highest BCUT2D eigenvalue weighted by molar-refractivity contribution is 5.34. The number of benzene rings is 1. The van der Waals surface area contributed by atoms with Gasteiger partial charge in [-0.15, -0.1) is 0 Å². The second-order valence-electron chi connectivity index (χ2n) is 3.91. The first-order valence-electron chi connectivity index (χ1n) is 5.54. The van der Waals surface area contributed by atoms with Gasteiger partial charge in [-0.25, -0.2) is 0 Å². The molecule has 1 atom stereocenters. The molecule has 0 aromatic heterocycles. The standard InChI is InChI=1S/C13H20O2/c1-4-15-13-8-7-12(10(2)9-13)6-5-11(3)14/h7-9,11,14H,4-6H2,1-3H3/t11-/m1/s1. The van der Waals surface area contributed by atoms with E-state index in [4.69, 9.17) is 4.74 Å². The third kappa shape index (κ3) is 3.92. The Hall–Kier alpha value is -1.02. The van der Waals surface area contributed by atoms with Crippen LogP contribution in [0.2, 0.25) is 0 Å². The van der Waals surface area contributed by atoms with Crippen LogP contribution >= 0.6 is 0 Å². The second kappa shape index (κ2) is 5.76. The molecule has 84 valence electrons. The van der Waals surface area contributed by atoms with Crippen LogP contribution in [0.4, 0.5) is 0 Å². The number of aliphatic hydroxyl groups is 1. The molecule has 0 saturated heterocycles. The van der Waals surface area contributed by atoms with Crippen LogP contribution in [0.1, 0.15) is 31.4 Å². The van der Waals surface area contributed by atoms with Gasteiger partial charge in [0, 0.05) is 0 Å². The Morgan fingerprint density at radius 3 is 2.67 bits per heavy atom. The zero-order valence-electron chi connectivity index (χ0n) is 9.79. The predicted molar refractivity (Wildman–Crippen MR) is 62.3 cm³/mol. The van der Waals surface area contributed by atoms with E-state index in [1.165, 1.54) is 11.1 Å². The highest BCUT2D eigenvalue weighted by atomic mass is 16.5. The van der Waals surface area contributed by atoms with E-state index >= 15 is 0 Å². The molecular formula is C13H20O2. The van der Waals surface area contributed by atoms with E-state index in [0.29, 0.717) is 6.61 Å². The summed E-state index contributed by atoms with van der Waals surface area (Å²) in [6, 6.07) is 6.14. The minimum absolute atomic E-state index is 0.226. The molecule has 0 aliphatic heterocycles. The molecule has 1 aromatic carbocycles. The van der Waals surface area contributed by atoms with Gasteiger partial charge in [-0.2, -0.15) is 0 Å². The molecule has 0 spiro atoms. The third-order valence-corrected chi connectivity index (χ3v) is 2.46. The topological polar surface area (TPSA) is 29.5 Å². The summed E-state index contributed by atoms with van der Waals surface area (Å²) in [5.74, 6) is 0.927. The average molecular weight is 208 g/mol. The molecule has 0 aliphatic carbocycles. The van der Waals surface area contributed by atoms with Crippen molar-refractivity contribution in [2.75, 3.05) is 6.61 Å². The van der Waals surface area contributed by atoms with Gasteiger partial charge in [-0.3, -0.25) is 0 Å². The minimum Gasteiger partial charge on any atom is -0.494 e. The normalized spacial score (nSPS) is 12.5. The number of rotatable bonds is 5. The molecule has 15 heavy (non-hydrogen) atoms. The Morgan fingerprint density at radius 1 is 1.40 bits per heavy atom. The summed E-state index contributed by atoms with van der Waals surface area (Å²) in [6.45, 7) is 6.59. The lowest BCUT2D eigenvalue weighted by Gasteiger charge is -2.10. The molecule has 1 aromatic rings. The lowest BCUT2D eigenvalue weighted by Crippen LogP contribution is -2.02. The minimum atomic E-state index is -0.226. The number of hydrogen-bond donors (Lipinski definition) is 1. The van der Waals surface area contributed by atoms with E-state index in [1.807, 2.05) is 19.9 Å². The molecule has 0 amide bonds. The summed E-state index contributed by atoms with van der Waals surface area (Å²) >= 11 is 0. The first-order chi connectivity index (χ1) is 7.13. The van der Waals surface area contributed by atoms with Gasteiger partial charge in [0.25, 0.3) is 0 Å². The van der Waals surface area contributed by atoms with Crippen LogP contribution in [-0.2, 0) is 6.42 Å². The van der Waals surface area contributed by atoms with Gasteiger partial charge in [0.2, 0.25) is 0 Å². The predicted octanol–water partition coefficient (Wildman–Crippen LogP) is 2.71. The van der Waals surface area contributed by atoms with E-state index in [2.05, 4.69) is 19.1 Å². The van der Waals surface area contributed by atoms with Gasteiger partial charge in [-0.05, 0) is 56.9 Å². The van der Waals surface area contributed by atoms with Crippen LogP contribution in [0.5, 0.6) is 5.75 Å². The van der Waals surface area contributed by atoms with Crippen LogP contribution < -0.4 is 4.74 Å². The molecule has 2 nitrogen and oxygen atoms in total. The van der Waals surface area contributed by atoms with Gasteiger partial charge in [0.1, 0.15) is 5.75 Å². The van der Waals surface area contributed by atoms with Crippen molar-refractivity contribution < 1.29 is 9.84 Å². The van der Waals surface area contributed by atoms with Crippen LogP contribution in [0.15, 0.2) is 18.2 Å². The molecule has 2 heteroatoms. The monoisotopic (exact) mass is 208 g/mol. The van der Waals surface area contributed by atoms with Crippen molar-refractivity contribution in [3.63, 3.8) is 0 Å². The molecule has 0 unspecified atom stereocenters. The molecule has 0 fully saturated rings. The zero-order valence-corrected chi connectivity index (χ0v) is 9.79. The molecule has 0 radical (unpaired) electrons. The largest absolute Gasteiger partial charge is 0.494 e. The molecular weight excluding hydrogens is 188 g/mol. The third-order valence-electron chi connectivity index (χ3n) is 2.46. The SMILES string of the molecule is CCOc1ccc(CC[C@@H](C)O)c(C)c1. The molecule has 1 rings (SSSR count). The van der Waals surface area contributed by atoms with E-state index < -0.39 is 0 Å². The van der Waals surface area contributed by atoms with Crippen LogP contribution in [0.25, 0.3) is 0 Å². The Labute approximate surface area is 91.9 Å². The fourth-order valence-corrected chi connectivity index (χ4v) is 1.57. The smallest absolute Gasteiger partial charge is 0.119 e. The van der Waals surface area contributed by atoms with Gasteiger partial charge < -0.3 is 9.84 Å². The van der Waals surface area contributed by atoms with Crippen molar-refractivity contribution in [2.45, 2.75) is 39.7 Å². The Balaban J connectivity index is 2.66. The maximum absolute atomic E-state index is 9.22. The first-order valence-corrected chi connectivity index (χ1v) is 5.54. The van der Waals surface area contributed by atoms with Crippen molar-refractivity contribution in [1.29, 1.82) is 0 Å². The number of aryl methyl sites for hydroxylation is 2. The van der Waals surface area contributed by atoms with Crippen molar-refractivity contribution in [3.05, 3.63) is 29.3 Å². The molecule has 0 aliphatic rings. The number of aliphatic hydroxyl groups excluding tert-OH is 1. The molecule has 0 saturated carbocycles. The molecule has 0 heterocycles. The summed E-state index contributed by atoms with van der Waals surface area (Å²) in [7, 11) is 0. The van der Waals surface area contributed by atoms with E-state index in [0.717, 1.165) is 18.6 Å². The van der Waals surface area contributed by atoms with E-state index in [9.17, 15) is 5.11 Å². The Bertz CT molecular complexity index is 305. The summed E-state index contributed by atoms with van der Waals surface area (Å²) < 4.78 is 5.42. The summed E-state index contributed by atoms with van der Waals surface area (Å²) in [5, 5.41) is 9.22. The van der Waals surface area contributed by atoms with Crippen molar-refractivity contribution >= 4 is 0 Å². The molecule has 0 bridgehead atoms. The quantitative estimate of drug-likeness (QED) is 0.806. The van der Waals surface area contributed by atoms with Crippen LogP contribution in [0.3, 0.4) is 0 Å². The van der Waals surface area contributed by atoms with Crippen molar-refractivity contribution in [1.82, 2.24) is 0 Å². The highest BCUT2D eigenvalue weighted by Gasteiger charge is 2.02. The van der Waals surface area contributed by atoms with Gasteiger partial charge in [-0.1, -0.05) is 6.07 Å². The zero-order chi connectivity index (χ0) is 11.3. The van der Waals surface area contributed by atoms with Crippen molar-refractivity contribution in [3.8, 4) is 5.75 Å². The number of hydrogen-bond acceptors (Lipinski definition) is 2. The maximum Gasteiger partial charge on any atom is 0.119 e. The Morgan fingerprint density at radius 2 is 2.13 bits per heavy atom. The van der Waals surface area contributed by atoms with E-state index in [-0.39, 0.29) is 6.10 Å². The maximum atomic E-state index is 9.22. The van der Waals surface area contributed by atoms with Crippen LogP contribution in [-0.4, -0.2) is 17.8 Å². The fraction of sp³-hybridized carbons (Fsp3) is 0.538. The lowest BCUT2D eigenvalue weighted by atomic mass is 10.0. The molecule has 1 N–H and O–H groups in total. The van der Waals surface area contributed by atoms with Crippen LogP contribution in [0, 0.1) is 6.92 Å². The summed E-state index contributed by atoms with van der Waals surface area (Å²) in [5.41, 5.74) is 2.53. The second-order valence-corrected chi connectivity index (χ2v) is 3.91.